The number of ether oxygens (including phenoxy) is 1. The molecule has 0 aromatic heterocycles. The van der Waals surface area contributed by atoms with Gasteiger partial charge < -0.3 is 15.4 Å². The van der Waals surface area contributed by atoms with E-state index in [2.05, 4.69) is 15.4 Å². The van der Waals surface area contributed by atoms with Crippen LogP contribution in [0, 0.1) is 0 Å². The standard InChI is InChI=1S/C10H20F2N2O2/c1-8(2)14-10(15)3-4-13-5-6-16-7-9(11)12/h8-9,13H,3-7H2,1-2H3,(H,14,15). The molecule has 0 aromatic carbocycles. The van der Waals surface area contributed by atoms with Gasteiger partial charge in [-0.25, -0.2) is 8.78 Å². The van der Waals surface area contributed by atoms with Crippen molar-refractivity contribution in [3.8, 4) is 0 Å². The lowest BCUT2D eigenvalue weighted by Gasteiger charge is -2.09. The highest BCUT2D eigenvalue weighted by atomic mass is 19.3. The van der Waals surface area contributed by atoms with Crippen LogP contribution in [0.2, 0.25) is 0 Å². The Kier molecular flexibility index (Phi) is 9.03. The van der Waals surface area contributed by atoms with Gasteiger partial charge in [0.25, 0.3) is 6.43 Å². The van der Waals surface area contributed by atoms with Gasteiger partial charge in [-0.3, -0.25) is 4.79 Å². The minimum absolute atomic E-state index is 0.0176. The van der Waals surface area contributed by atoms with Crippen LogP contribution in [-0.4, -0.2) is 44.7 Å². The van der Waals surface area contributed by atoms with Gasteiger partial charge in [0, 0.05) is 25.6 Å². The molecular formula is C10H20F2N2O2. The highest BCUT2D eigenvalue weighted by Gasteiger charge is 2.03. The zero-order valence-electron chi connectivity index (χ0n) is 9.76. The van der Waals surface area contributed by atoms with Gasteiger partial charge in [0.05, 0.1) is 6.61 Å². The maximum absolute atomic E-state index is 11.6. The first kappa shape index (κ1) is 15.2. The van der Waals surface area contributed by atoms with E-state index in [9.17, 15) is 13.6 Å². The molecular weight excluding hydrogens is 218 g/mol. The van der Waals surface area contributed by atoms with E-state index in [0.29, 0.717) is 19.5 Å². The Morgan fingerprint density at radius 3 is 2.56 bits per heavy atom. The Balaban J connectivity index is 3.18. The third kappa shape index (κ3) is 11.3. The second kappa shape index (κ2) is 9.47. The molecule has 0 heterocycles. The summed E-state index contributed by atoms with van der Waals surface area (Å²) >= 11 is 0. The highest BCUT2D eigenvalue weighted by Crippen LogP contribution is 1.91. The van der Waals surface area contributed by atoms with Gasteiger partial charge in [0.15, 0.2) is 0 Å². The van der Waals surface area contributed by atoms with E-state index in [1.165, 1.54) is 0 Å². The van der Waals surface area contributed by atoms with E-state index >= 15 is 0 Å². The number of rotatable bonds is 9. The fourth-order valence-electron chi connectivity index (χ4n) is 1.04. The Morgan fingerprint density at radius 2 is 2.00 bits per heavy atom. The SMILES string of the molecule is CC(C)NC(=O)CCNCCOCC(F)F. The summed E-state index contributed by atoms with van der Waals surface area (Å²) in [5.41, 5.74) is 0. The molecule has 0 atom stereocenters. The number of halogens is 2. The zero-order chi connectivity index (χ0) is 12.4. The number of alkyl halides is 2. The van der Waals surface area contributed by atoms with Crippen molar-refractivity contribution in [3.63, 3.8) is 0 Å². The van der Waals surface area contributed by atoms with Crippen molar-refractivity contribution >= 4 is 5.91 Å². The zero-order valence-corrected chi connectivity index (χ0v) is 9.76. The predicted molar refractivity (Wildman–Crippen MR) is 57.6 cm³/mol. The van der Waals surface area contributed by atoms with Crippen LogP contribution in [0.4, 0.5) is 8.78 Å². The molecule has 0 spiro atoms. The van der Waals surface area contributed by atoms with E-state index in [1.807, 2.05) is 13.8 Å². The van der Waals surface area contributed by atoms with E-state index in [0.717, 1.165) is 0 Å². The molecule has 0 saturated heterocycles. The molecule has 2 N–H and O–H groups in total. The molecule has 0 bridgehead atoms. The normalized spacial score (nSPS) is 11.1. The van der Waals surface area contributed by atoms with Gasteiger partial charge in [-0.05, 0) is 13.8 Å². The third-order valence-electron chi connectivity index (χ3n) is 1.65. The number of amides is 1. The smallest absolute Gasteiger partial charge is 0.261 e. The molecule has 6 heteroatoms. The quantitative estimate of drug-likeness (QED) is 0.583. The van der Waals surface area contributed by atoms with E-state index in [-0.39, 0.29) is 18.6 Å². The number of hydrogen-bond acceptors (Lipinski definition) is 3. The van der Waals surface area contributed by atoms with Crippen LogP contribution in [-0.2, 0) is 9.53 Å². The van der Waals surface area contributed by atoms with Crippen molar-refractivity contribution in [2.24, 2.45) is 0 Å². The largest absolute Gasteiger partial charge is 0.374 e. The minimum Gasteiger partial charge on any atom is -0.374 e. The van der Waals surface area contributed by atoms with E-state index in [4.69, 9.17) is 0 Å². The molecule has 0 rings (SSSR count). The van der Waals surface area contributed by atoms with Crippen LogP contribution in [0.5, 0.6) is 0 Å². The summed E-state index contributed by atoms with van der Waals surface area (Å²) in [6.07, 6.45) is -2.04. The summed E-state index contributed by atoms with van der Waals surface area (Å²) in [5.74, 6) is -0.0176. The summed E-state index contributed by atoms with van der Waals surface area (Å²) in [7, 11) is 0. The molecule has 0 aromatic rings. The second-order valence-corrected chi connectivity index (χ2v) is 3.69. The molecule has 1 amide bonds. The Hall–Kier alpha value is -0.750. The van der Waals surface area contributed by atoms with E-state index < -0.39 is 13.0 Å². The average molecular weight is 238 g/mol. The summed E-state index contributed by atoms with van der Waals surface area (Å²) in [5, 5.41) is 5.68. The number of hydrogen-bond donors (Lipinski definition) is 2. The molecule has 96 valence electrons. The fraction of sp³-hybridized carbons (Fsp3) is 0.900. The molecule has 16 heavy (non-hydrogen) atoms. The molecule has 0 unspecified atom stereocenters. The van der Waals surface area contributed by atoms with Gasteiger partial charge in [-0.2, -0.15) is 0 Å². The Bertz CT molecular complexity index is 190. The maximum Gasteiger partial charge on any atom is 0.261 e. The minimum atomic E-state index is -2.42. The van der Waals surface area contributed by atoms with Crippen LogP contribution in [0.3, 0.4) is 0 Å². The van der Waals surface area contributed by atoms with Crippen LogP contribution in [0.15, 0.2) is 0 Å². The second-order valence-electron chi connectivity index (χ2n) is 3.69. The Morgan fingerprint density at radius 1 is 1.31 bits per heavy atom. The summed E-state index contributed by atoms with van der Waals surface area (Å²) < 4.78 is 27.9. The van der Waals surface area contributed by atoms with E-state index in [1.54, 1.807) is 0 Å². The van der Waals surface area contributed by atoms with Crippen LogP contribution < -0.4 is 10.6 Å². The monoisotopic (exact) mass is 238 g/mol. The lowest BCUT2D eigenvalue weighted by atomic mass is 10.3. The lowest BCUT2D eigenvalue weighted by molar-refractivity contribution is -0.121. The lowest BCUT2D eigenvalue weighted by Crippen LogP contribution is -2.33. The van der Waals surface area contributed by atoms with Crippen molar-refractivity contribution in [1.82, 2.24) is 10.6 Å². The van der Waals surface area contributed by atoms with Gasteiger partial charge in [-0.15, -0.1) is 0 Å². The van der Waals surface area contributed by atoms with Gasteiger partial charge in [0.2, 0.25) is 5.91 Å². The maximum atomic E-state index is 11.6. The van der Waals surface area contributed by atoms with Crippen molar-refractivity contribution in [3.05, 3.63) is 0 Å². The topological polar surface area (TPSA) is 50.4 Å². The summed E-state index contributed by atoms with van der Waals surface area (Å²) in [4.78, 5) is 11.2. The van der Waals surface area contributed by atoms with Crippen molar-refractivity contribution in [2.75, 3.05) is 26.3 Å². The van der Waals surface area contributed by atoms with Crippen LogP contribution >= 0.6 is 0 Å². The Labute approximate surface area is 94.7 Å². The van der Waals surface area contributed by atoms with Crippen molar-refractivity contribution < 1.29 is 18.3 Å². The van der Waals surface area contributed by atoms with Gasteiger partial charge in [0.1, 0.15) is 6.61 Å². The van der Waals surface area contributed by atoms with Crippen molar-refractivity contribution in [1.29, 1.82) is 0 Å². The first-order valence-electron chi connectivity index (χ1n) is 5.38. The van der Waals surface area contributed by atoms with Crippen LogP contribution in [0.1, 0.15) is 20.3 Å². The molecule has 0 saturated carbocycles. The molecule has 0 aliphatic rings. The number of carbonyl (C=O) groups excluding carboxylic acids is 1. The summed E-state index contributed by atoms with van der Waals surface area (Å²) in [6.45, 7) is 4.48. The summed E-state index contributed by atoms with van der Waals surface area (Å²) in [6, 6.07) is 0.141. The number of carbonyl (C=O) groups is 1. The average Bonchev–Trinajstić information content (AvgIpc) is 2.14. The first-order valence-corrected chi connectivity index (χ1v) is 5.38. The highest BCUT2D eigenvalue weighted by molar-refractivity contribution is 5.76. The number of nitrogens with one attached hydrogen (secondary N) is 2. The van der Waals surface area contributed by atoms with Crippen molar-refractivity contribution in [2.45, 2.75) is 32.7 Å². The first-order chi connectivity index (χ1) is 7.52. The fourth-order valence-corrected chi connectivity index (χ4v) is 1.04. The molecule has 0 aliphatic heterocycles. The molecule has 0 radical (unpaired) electrons. The molecule has 0 fully saturated rings. The van der Waals surface area contributed by atoms with Crippen LogP contribution in [0.25, 0.3) is 0 Å². The van der Waals surface area contributed by atoms with Gasteiger partial charge >= 0.3 is 0 Å². The van der Waals surface area contributed by atoms with Gasteiger partial charge in [-0.1, -0.05) is 0 Å². The molecule has 4 nitrogen and oxygen atoms in total. The molecule has 0 aliphatic carbocycles. The third-order valence-corrected chi connectivity index (χ3v) is 1.65. The predicted octanol–water partition coefficient (Wildman–Crippen LogP) is 0.772.